The van der Waals surface area contributed by atoms with Crippen molar-refractivity contribution in [1.29, 1.82) is 0 Å². The fraction of sp³-hybridized carbons (Fsp3) is 0.632. The molecule has 0 bridgehead atoms. The van der Waals surface area contributed by atoms with Gasteiger partial charge in [-0.15, -0.1) is 0 Å². The standard InChI is InChI=1S/C19H30FNO/c1-6-8-9-10-15(5)21(19(22)14(3)4)17-11-12-18(20)16(7-2)13-17/h11-15H,6-10H2,1-5H3. The van der Waals surface area contributed by atoms with Gasteiger partial charge in [0.15, 0.2) is 0 Å². The van der Waals surface area contributed by atoms with E-state index in [9.17, 15) is 9.18 Å². The number of nitrogens with zero attached hydrogens (tertiary/aromatic N) is 1. The molecule has 0 N–H and O–H groups in total. The summed E-state index contributed by atoms with van der Waals surface area (Å²) in [5.74, 6) is -0.150. The van der Waals surface area contributed by atoms with Crippen LogP contribution in [0.2, 0.25) is 0 Å². The second kappa shape index (κ2) is 8.92. The van der Waals surface area contributed by atoms with Gasteiger partial charge in [0, 0.05) is 17.6 Å². The lowest BCUT2D eigenvalue weighted by Crippen LogP contribution is -2.41. The van der Waals surface area contributed by atoms with E-state index in [1.807, 2.05) is 31.7 Å². The Morgan fingerprint density at radius 2 is 1.86 bits per heavy atom. The van der Waals surface area contributed by atoms with Gasteiger partial charge in [-0.2, -0.15) is 0 Å². The Kier molecular flexibility index (Phi) is 7.57. The van der Waals surface area contributed by atoms with Gasteiger partial charge in [0.25, 0.3) is 0 Å². The second-order valence-electron chi connectivity index (χ2n) is 6.34. The number of halogens is 1. The molecule has 0 fully saturated rings. The van der Waals surface area contributed by atoms with Crippen LogP contribution >= 0.6 is 0 Å². The van der Waals surface area contributed by atoms with Crippen LogP contribution in [0.1, 0.15) is 65.9 Å². The SMILES string of the molecule is CCCCCC(C)N(C(=O)C(C)C)c1ccc(F)c(CC)c1. The molecular formula is C19H30FNO. The first kappa shape index (κ1) is 18.7. The molecule has 0 aliphatic heterocycles. The van der Waals surface area contributed by atoms with Crippen molar-refractivity contribution >= 4 is 11.6 Å². The zero-order valence-electron chi connectivity index (χ0n) is 14.7. The zero-order valence-corrected chi connectivity index (χ0v) is 14.7. The predicted octanol–water partition coefficient (Wildman–Crippen LogP) is 5.35. The van der Waals surface area contributed by atoms with Crippen LogP contribution in [0.15, 0.2) is 18.2 Å². The van der Waals surface area contributed by atoms with Gasteiger partial charge in [-0.3, -0.25) is 4.79 Å². The minimum absolute atomic E-state index is 0.0660. The van der Waals surface area contributed by atoms with Crippen LogP contribution in [0.3, 0.4) is 0 Å². The highest BCUT2D eigenvalue weighted by Gasteiger charge is 2.24. The number of carbonyl (C=O) groups excluding carboxylic acids is 1. The molecule has 124 valence electrons. The van der Waals surface area contributed by atoms with Crippen LogP contribution in [-0.4, -0.2) is 11.9 Å². The summed E-state index contributed by atoms with van der Waals surface area (Å²) in [6, 6.07) is 5.17. The number of hydrogen-bond acceptors (Lipinski definition) is 1. The van der Waals surface area contributed by atoms with E-state index in [1.54, 1.807) is 6.07 Å². The Balaban J connectivity index is 3.06. The van der Waals surface area contributed by atoms with Crippen molar-refractivity contribution < 1.29 is 9.18 Å². The molecular weight excluding hydrogens is 277 g/mol. The minimum atomic E-state index is -0.193. The van der Waals surface area contributed by atoms with Gasteiger partial charge in [-0.25, -0.2) is 4.39 Å². The van der Waals surface area contributed by atoms with Gasteiger partial charge in [-0.1, -0.05) is 47.0 Å². The third kappa shape index (κ3) is 4.82. The van der Waals surface area contributed by atoms with E-state index in [0.717, 1.165) is 18.5 Å². The quantitative estimate of drug-likeness (QED) is 0.593. The number of aryl methyl sites for hydroxylation is 1. The maximum atomic E-state index is 13.7. The van der Waals surface area contributed by atoms with E-state index in [2.05, 4.69) is 13.8 Å². The molecule has 1 amide bonds. The van der Waals surface area contributed by atoms with E-state index in [4.69, 9.17) is 0 Å². The van der Waals surface area contributed by atoms with E-state index in [1.165, 1.54) is 18.9 Å². The number of anilines is 1. The molecule has 3 heteroatoms. The molecule has 0 aliphatic carbocycles. The zero-order chi connectivity index (χ0) is 16.7. The summed E-state index contributed by atoms with van der Waals surface area (Å²) < 4.78 is 13.7. The van der Waals surface area contributed by atoms with E-state index < -0.39 is 0 Å². The molecule has 1 unspecified atom stereocenters. The number of hydrogen-bond donors (Lipinski definition) is 0. The third-order valence-corrected chi connectivity index (χ3v) is 4.09. The number of rotatable bonds is 8. The molecule has 0 aliphatic rings. The molecule has 0 saturated heterocycles. The Morgan fingerprint density at radius 3 is 2.41 bits per heavy atom. The lowest BCUT2D eigenvalue weighted by molar-refractivity contribution is -0.121. The first-order valence-corrected chi connectivity index (χ1v) is 8.53. The van der Waals surface area contributed by atoms with Gasteiger partial charge >= 0.3 is 0 Å². The summed E-state index contributed by atoms with van der Waals surface area (Å²) in [5, 5.41) is 0. The van der Waals surface area contributed by atoms with Crippen LogP contribution < -0.4 is 4.90 Å². The molecule has 1 atom stereocenters. The number of benzene rings is 1. The average Bonchev–Trinajstić information content (AvgIpc) is 2.49. The number of amides is 1. The highest BCUT2D eigenvalue weighted by molar-refractivity contribution is 5.95. The van der Waals surface area contributed by atoms with E-state index in [-0.39, 0.29) is 23.7 Å². The van der Waals surface area contributed by atoms with Crippen LogP contribution in [-0.2, 0) is 11.2 Å². The Hall–Kier alpha value is -1.38. The van der Waals surface area contributed by atoms with Crippen molar-refractivity contribution in [2.45, 2.75) is 72.8 Å². The molecule has 0 aromatic heterocycles. The Labute approximate surface area is 134 Å². The monoisotopic (exact) mass is 307 g/mol. The van der Waals surface area contributed by atoms with Crippen LogP contribution in [0.4, 0.5) is 10.1 Å². The van der Waals surface area contributed by atoms with Gasteiger partial charge in [0.1, 0.15) is 5.82 Å². The summed E-state index contributed by atoms with van der Waals surface area (Å²) >= 11 is 0. The first-order chi connectivity index (χ1) is 10.4. The highest BCUT2D eigenvalue weighted by atomic mass is 19.1. The molecule has 1 rings (SSSR count). The summed E-state index contributed by atoms with van der Waals surface area (Å²) in [4.78, 5) is 14.5. The molecule has 1 aromatic rings. The molecule has 0 radical (unpaired) electrons. The Bertz CT molecular complexity index is 484. The molecule has 0 spiro atoms. The lowest BCUT2D eigenvalue weighted by Gasteiger charge is -2.31. The smallest absolute Gasteiger partial charge is 0.229 e. The summed E-state index contributed by atoms with van der Waals surface area (Å²) in [6.07, 6.45) is 5.07. The summed E-state index contributed by atoms with van der Waals surface area (Å²) in [6.45, 7) is 10.0. The van der Waals surface area contributed by atoms with Crippen LogP contribution in [0.5, 0.6) is 0 Å². The molecule has 0 saturated carbocycles. The fourth-order valence-electron chi connectivity index (χ4n) is 2.68. The van der Waals surface area contributed by atoms with E-state index >= 15 is 0 Å². The summed E-state index contributed by atoms with van der Waals surface area (Å²) in [7, 11) is 0. The lowest BCUT2D eigenvalue weighted by atomic mass is 10.0. The molecule has 2 nitrogen and oxygen atoms in total. The van der Waals surface area contributed by atoms with E-state index in [0.29, 0.717) is 12.0 Å². The van der Waals surface area contributed by atoms with Crippen molar-refractivity contribution in [1.82, 2.24) is 0 Å². The van der Waals surface area contributed by atoms with Crippen molar-refractivity contribution in [2.24, 2.45) is 5.92 Å². The normalized spacial score (nSPS) is 12.5. The number of unbranched alkanes of at least 4 members (excludes halogenated alkanes) is 2. The maximum Gasteiger partial charge on any atom is 0.229 e. The molecule has 0 heterocycles. The number of carbonyl (C=O) groups is 1. The van der Waals surface area contributed by atoms with Crippen molar-refractivity contribution in [3.63, 3.8) is 0 Å². The largest absolute Gasteiger partial charge is 0.309 e. The fourth-order valence-corrected chi connectivity index (χ4v) is 2.68. The molecule has 22 heavy (non-hydrogen) atoms. The van der Waals surface area contributed by atoms with Crippen molar-refractivity contribution in [3.8, 4) is 0 Å². The molecule has 1 aromatic carbocycles. The first-order valence-electron chi connectivity index (χ1n) is 8.53. The van der Waals surface area contributed by atoms with Crippen LogP contribution in [0, 0.1) is 11.7 Å². The van der Waals surface area contributed by atoms with Gasteiger partial charge in [0.2, 0.25) is 5.91 Å². The summed E-state index contributed by atoms with van der Waals surface area (Å²) in [5.41, 5.74) is 1.49. The van der Waals surface area contributed by atoms with Gasteiger partial charge < -0.3 is 4.90 Å². The second-order valence-corrected chi connectivity index (χ2v) is 6.34. The topological polar surface area (TPSA) is 20.3 Å². The predicted molar refractivity (Wildman–Crippen MR) is 91.7 cm³/mol. The minimum Gasteiger partial charge on any atom is -0.309 e. The van der Waals surface area contributed by atoms with Gasteiger partial charge in [0.05, 0.1) is 0 Å². The maximum absolute atomic E-state index is 13.7. The Morgan fingerprint density at radius 1 is 1.18 bits per heavy atom. The highest BCUT2D eigenvalue weighted by Crippen LogP contribution is 2.25. The average molecular weight is 307 g/mol. The van der Waals surface area contributed by atoms with Crippen molar-refractivity contribution in [3.05, 3.63) is 29.6 Å². The van der Waals surface area contributed by atoms with Crippen LogP contribution in [0.25, 0.3) is 0 Å². The third-order valence-electron chi connectivity index (χ3n) is 4.09. The van der Waals surface area contributed by atoms with Gasteiger partial charge in [-0.05, 0) is 43.5 Å². The van der Waals surface area contributed by atoms with Crippen molar-refractivity contribution in [2.75, 3.05) is 4.90 Å².